The molecule has 1 aromatic carbocycles. The summed E-state index contributed by atoms with van der Waals surface area (Å²) in [7, 11) is 0. The number of benzene rings is 1. The molecule has 0 radical (unpaired) electrons. The van der Waals surface area contributed by atoms with E-state index in [2.05, 4.69) is 39.4 Å². The van der Waals surface area contributed by atoms with Crippen LogP contribution in [0, 0.1) is 0 Å². The van der Waals surface area contributed by atoms with Crippen molar-refractivity contribution in [3.05, 3.63) is 56.7 Å². The molecule has 0 bridgehead atoms. The van der Waals surface area contributed by atoms with Gasteiger partial charge in [0.25, 0.3) is 0 Å². The number of hydrogen-bond acceptors (Lipinski definition) is 3. The molecule has 0 spiro atoms. The molecule has 3 rings (SSSR count). The summed E-state index contributed by atoms with van der Waals surface area (Å²) < 4.78 is 1.07. The fourth-order valence-electron chi connectivity index (χ4n) is 3.32. The van der Waals surface area contributed by atoms with Gasteiger partial charge < -0.3 is 15.3 Å². The van der Waals surface area contributed by atoms with Crippen LogP contribution in [0.4, 0.5) is 4.79 Å². The highest BCUT2D eigenvalue weighted by Crippen LogP contribution is 2.43. The Morgan fingerprint density at radius 2 is 2.20 bits per heavy atom. The smallest absolute Gasteiger partial charge is 0.317 e. The van der Waals surface area contributed by atoms with Gasteiger partial charge in [-0.2, -0.15) is 11.3 Å². The quantitative estimate of drug-likeness (QED) is 0.704. The van der Waals surface area contributed by atoms with Crippen molar-refractivity contribution in [1.82, 2.24) is 10.2 Å². The number of aliphatic hydroxyl groups excluding tert-OH is 1. The van der Waals surface area contributed by atoms with Crippen LogP contribution in [0.5, 0.6) is 0 Å². The third-order valence-electron chi connectivity index (χ3n) is 4.94. The summed E-state index contributed by atoms with van der Waals surface area (Å²) in [6.07, 6.45) is 3.38. The number of hydrogen-bond donors (Lipinski definition) is 2. The molecule has 0 saturated heterocycles. The highest BCUT2D eigenvalue weighted by atomic mass is 79.9. The second-order valence-electron chi connectivity index (χ2n) is 6.58. The predicted molar refractivity (Wildman–Crippen MR) is 105 cm³/mol. The molecular formula is C19H23BrN2O2S. The van der Waals surface area contributed by atoms with Crippen LogP contribution >= 0.6 is 27.3 Å². The molecule has 2 amide bonds. The lowest BCUT2D eigenvalue weighted by atomic mass is 9.64. The van der Waals surface area contributed by atoms with Crippen molar-refractivity contribution in [2.24, 2.45) is 0 Å². The molecule has 2 N–H and O–H groups in total. The zero-order valence-corrected chi connectivity index (χ0v) is 16.5. The predicted octanol–water partition coefficient (Wildman–Crippen LogP) is 4.14. The van der Waals surface area contributed by atoms with Crippen molar-refractivity contribution in [3.63, 3.8) is 0 Å². The van der Waals surface area contributed by atoms with Gasteiger partial charge in [-0.05, 0) is 52.9 Å². The number of halogens is 1. The number of nitrogens with zero attached hydrogens (tertiary/aromatic N) is 1. The molecule has 1 aliphatic carbocycles. The standard InChI is InChI=1S/C19H23BrN2O2S/c20-17-4-1-3-16(11-17)19(6-2-7-19)14-21-18(24)22(8-9-23)12-15-5-10-25-13-15/h1,3-5,10-11,13,23H,2,6-9,12,14H2,(H,21,24). The second-order valence-corrected chi connectivity index (χ2v) is 8.28. The van der Waals surface area contributed by atoms with Crippen LogP contribution in [0.15, 0.2) is 45.6 Å². The third-order valence-corrected chi connectivity index (χ3v) is 6.16. The molecule has 1 heterocycles. The minimum atomic E-state index is -0.110. The van der Waals surface area contributed by atoms with E-state index in [1.807, 2.05) is 22.9 Å². The van der Waals surface area contributed by atoms with Gasteiger partial charge in [-0.15, -0.1) is 0 Å². The highest BCUT2D eigenvalue weighted by Gasteiger charge is 2.39. The van der Waals surface area contributed by atoms with Crippen molar-refractivity contribution in [2.75, 3.05) is 19.7 Å². The van der Waals surface area contributed by atoms with E-state index in [0.29, 0.717) is 19.6 Å². The van der Waals surface area contributed by atoms with Crippen LogP contribution in [0.2, 0.25) is 0 Å². The Labute approximate surface area is 161 Å². The van der Waals surface area contributed by atoms with Gasteiger partial charge in [0.15, 0.2) is 0 Å². The first-order valence-corrected chi connectivity index (χ1v) is 10.3. The van der Waals surface area contributed by atoms with Gasteiger partial charge in [-0.1, -0.05) is 34.5 Å². The molecular weight excluding hydrogens is 400 g/mol. The van der Waals surface area contributed by atoms with Crippen molar-refractivity contribution >= 4 is 33.3 Å². The van der Waals surface area contributed by atoms with Gasteiger partial charge >= 0.3 is 6.03 Å². The number of carbonyl (C=O) groups is 1. The molecule has 0 unspecified atom stereocenters. The molecule has 1 saturated carbocycles. The van der Waals surface area contributed by atoms with Gasteiger partial charge in [-0.25, -0.2) is 4.79 Å². The van der Waals surface area contributed by atoms with E-state index in [4.69, 9.17) is 0 Å². The maximum Gasteiger partial charge on any atom is 0.317 e. The summed E-state index contributed by atoms with van der Waals surface area (Å²) in [4.78, 5) is 14.3. The molecule has 0 atom stereocenters. The normalized spacial score (nSPS) is 15.4. The molecule has 1 fully saturated rings. The first-order valence-electron chi connectivity index (χ1n) is 8.54. The van der Waals surface area contributed by atoms with E-state index in [1.54, 1.807) is 16.2 Å². The van der Waals surface area contributed by atoms with E-state index in [9.17, 15) is 9.90 Å². The number of aliphatic hydroxyl groups is 1. The number of carbonyl (C=O) groups excluding carboxylic acids is 1. The van der Waals surface area contributed by atoms with Gasteiger partial charge in [0.1, 0.15) is 0 Å². The maximum atomic E-state index is 12.6. The Bertz CT molecular complexity index is 701. The Balaban J connectivity index is 1.64. The van der Waals surface area contributed by atoms with E-state index < -0.39 is 0 Å². The Hall–Kier alpha value is -1.37. The SMILES string of the molecule is O=C(NCC1(c2cccc(Br)c2)CCC1)N(CCO)Cc1ccsc1. The van der Waals surface area contributed by atoms with Crippen molar-refractivity contribution in [3.8, 4) is 0 Å². The molecule has 4 nitrogen and oxygen atoms in total. The highest BCUT2D eigenvalue weighted by molar-refractivity contribution is 9.10. The van der Waals surface area contributed by atoms with E-state index in [1.165, 1.54) is 12.0 Å². The number of nitrogens with one attached hydrogen (secondary N) is 1. The number of thiophene rings is 1. The average Bonchev–Trinajstić information content (AvgIpc) is 3.06. The van der Waals surface area contributed by atoms with E-state index in [0.717, 1.165) is 22.9 Å². The van der Waals surface area contributed by atoms with E-state index in [-0.39, 0.29) is 18.1 Å². The van der Waals surface area contributed by atoms with Crippen molar-refractivity contribution in [2.45, 2.75) is 31.2 Å². The largest absolute Gasteiger partial charge is 0.395 e. The number of urea groups is 1. The Morgan fingerprint density at radius 1 is 1.36 bits per heavy atom. The van der Waals surface area contributed by atoms with Crippen LogP contribution < -0.4 is 5.32 Å². The average molecular weight is 423 g/mol. The summed E-state index contributed by atoms with van der Waals surface area (Å²) in [5, 5.41) is 16.4. The van der Waals surface area contributed by atoms with Crippen LogP contribution in [-0.2, 0) is 12.0 Å². The molecule has 1 aliphatic rings. The lowest BCUT2D eigenvalue weighted by molar-refractivity contribution is 0.165. The maximum absolute atomic E-state index is 12.6. The molecule has 2 aromatic rings. The van der Waals surface area contributed by atoms with Gasteiger partial charge in [0.05, 0.1) is 6.61 Å². The minimum Gasteiger partial charge on any atom is -0.395 e. The van der Waals surface area contributed by atoms with Gasteiger partial charge in [0, 0.05) is 29.5 Å². The summed E-state index contributed by atoms with van der Waals surface area (Å²) in [6, 6.07) is 10.3. The first kappa shape index (κ1) is 18.4. The second kappa shape index (κ2) is 8.34. The van der Waals surface area contributed by atoms with Crippen molar-refractivity contribution < 1.29 is 9.90 Å². The number of rotatable bonds is 7. The fourth-order valence-corrected chi connectivity index (χ4v) is 4.38. The molecule has 1 aromatic heterocycles. The lowest BCUT2D eigenvalue weighted by Gasteiger charge is -2.43. The van der Waals surface area contributed by atoms with Gasteiger partial charge in [-0.3, -0.25) is 0 Å². The molecule has 0 aliphatic heterocycles. The topological polar surface area (TPSA) is 52.6 Å². The zero-order valence-electron chi connectivity index (χ0n) is 14.1. The van der Waals surface area contributed by atoms with Crippen LogP contribution in [0.25, 0.3) is 0 Å². The first-order chi connectivity index (χ1) is 12.1. The monoisotopic (exact) mass is 422 g/mol. The lowest BCUT2D eigenvalue weighted by Crippen LogP contribution is -2.49. The number of amides is 2. The van der Waals surface area contributed by atoms with E-state index >= 15 is 0 Å². The molecule has 134 valence electrons. The zero-order chi connectivity index (χ0) is 17.7. The van der Waals surface area contributed by atoms with Crippen LogP contribution in [-0.4, -0.2) is 35.7 Å². The third kappa shape index (κ3) is 4.43. The summed E-state index contributed by atoms with van der Waals surface area (Å²) >= 11 is 5.16. The molecule has 6 heteroatoms. The fraction of sp³-hybridized carbons (Fsp3) is 0.421. The summed E-state index contributed by atoms with van der Waals surface area (Å²) in [5.74, 6) is 0. The van der Waals surface area contributed by atoms with Crippen LogP contribution in [0.3, 0.4) is 0 Å². The minimum absolute atomic E-state index is 0.0334. The summed E-state index contributed by atoms with van der Waals surface area (Å²) in [5.41, 5.74) is 2.41. The summed E-state index contributed by atoms with van der Waals surface area (Å²) in [6.45, 7) is 1.47. The van der Waals surface area contributed by atoms with Gasteiger partial charge in [0.2, 0.25) is 0 Å². The van der Waals surface area contributed by atoms with Crippen molar-refractivity contribution in [1.29, 1.82) is 0 Å². The Morgan fingerprint density at radius 3 is 2.80 bits per heavy atom. The Kier molecular flexibility index (Phi) is 6.15. The molecule has 25 heavy (non-hydrogen) atoms. The van der Waals surface area contributed by atoms with Crippen LogP contribution in [0.1, 0.15) is 30.4 Å².